The van der Waals surface area contributed by atoms with Gasteiger partial charge in [-0.2, -0.15) is 0 Å². The van der Waals surface area contributed by atoms with Gasteiger partial charge in [0.2, 0.25) is 0 Å². The minimum atomic E-state index is -1.26. The molecule has 16 heavy (non-hydrogen) atoms. The van der Waals surface area contributed by atoms with Crippen LogP contribution in [-0.4, -0.2) is 17.4 Å². The van der Waals surface area contributed by atoms with Gasteiger partial charge in [0, 0.05) is 0 Å². The zero-order chi connectivity index (χ0) is 12.4. The van der Waals surface area contributed by atoms with E-state index in [1.165, 1.54) is 44.6 Å². The lowest BCUT2D eigenvalue weighted by Gasteiger charge is -2.22. The maximum atomic E-state index is 6.15. The molecule has 1 nitrogen and oxygen atoms in total. The predicted molar refractivity (Wildman–Crippen MR) is 80.2 cm³/mol. The molecule has 1 unspecified atom stereocenters. The molecular weight excluding hydrogens is 228 g/mol. The van der Waals surface area contributed by atoms with Crippen molar-refractivity contribution in [2.24, 2.45) is 0 Å². The van der Waals surface area contributed by atoms with E-state index >= 15 is 0 Å². The van der Waals surface area contributed by atoms with E-state index in [0.29, 0.717) is 0 Å². The molecule has 0 aromatic carbocycles. The lowest BCUT2D eigenvalue weighted by Crippen LogP contribution is -2.32. The number of rotatable bonds is 10. The highest BCUT2D eigenvalue weighted by Gasteiger charge is 2.18. The second-order valence-corrected chi connectivity index (χ2v) is 13.0. The van der Waals surface area contributed by atoms with Crippen LogP contribution in [0.3, 0.4) is 0 Å². The van der Waals surface area contributed by atoms with Crippen LogP contribution in [0.25, 0.3) is 0 Å². The number of hydrogen-bond donors (Lipinski definition) is 0. The molecule has 0 saturated heterocycles. The van der Waals surface area contributed by atoms with Gasteiger partial charge in [-0.05, 0) is 45.1 Å². The molecule has 0 aliphatic heterocycles. The summed E-state index contributed by atoms with van der Waals surface area (Å²) >= 11 is 0. The zero-order valence-corrected chi connectivity index (χ0v) is 13.9. The Bertz CT molecular complexity index is 175. The summed E-state index contributed by atoms with van der Waals surface area (Å²) < 4.78 is 6.15. The summed E-state index contributed by atoms with van der Waals surface area (Å²) in [5.74, 6) is 0. The van der Waals surface area contributed by atoms with Gasteiger partial charge in [-0.3, -0.25) is 0 Å². The second-order valence-electron chi connectivity index (χ2n) is 5.67. The van der Waals surface area contributed by atoms with Crippen LogP contribution in [0.1, 0.15) is 38.5 Å². The van der Waals surface area contributed by atoms with Crippen molar-refractivity contribution >= 4 is 17.4 Å². The van der Waals surface area contributed by atoms with Crippen LogP contribution < -0.4 is 0 Å². The van der Waals surface area contributed by atoms with Crippen LogP contribution in [0, 0.1) is 0 Å². The molecule has 96 valence electrons. The molecule has 0 bridgehead atoms. The lowest BCUT2D eigenvalue weighted by molar-refractivity contribution is 0.561. The summed E-state index contributed by atoms with van der Waals surface area (Å²) in [5, 5.41) is 0. The minimum absolute atomic E-state index is 0.846. The Morgan fingerprint density at radius 1 is 1.06 bits per heavy atom. The molecule has 0 radical (unpaired) electrons. The van der Waals surface area contributed by atoms with E-state index in [1.54, 1.807) is 0 Å². The van der Waals surface area contributed by atoms with Crippen molar-refractivity contribution < 1.29 is 4.12 Å². The van der Waals surface area contributed by atoms with Gasteiger partial charge in [0.1, 0.15) is 0 Å². The monoisotopic (exact) mass is 258 g/mol. The van der Waals surface area contributed by atoms with Crippen LogP contribution >= 0.6 is 0 Å². The van der Waals surface area contributed by atoms with Gasteiger partial charge < -0.3 is 4.12 Å². The van der Waals surface area contributed by atoms with Crippen molar-refractivity contribution in [1.29, 1.82) is 0 Å². The third-order valence-electron chi connectivity index (χ3n) is 2.57. The van der Waals surface area contributed by atoms with Gasteiger partial charge in [-0.25, -0.2) is 0 Å². The smallest absolute Gasteiger partial charge is 0.170 e. The van der Waals surface area contributed by atoms with E-state index in [0.717, 1.165) is 0 Å². The molecule has 0 rings (SSSR count). The Labute approximate surface area is 105 Å². The summed E-state index contributed by atoms with van der Waals surface area (Å²) in [6.07, 6.45) is 10.1. The molecule has 0 spiro atoms. The highest BCUT2D eigenvalue weighted by molar-refractivity contribution is 6.77. The highest BCUT2D eigenvalue weighted by atomic mass is 28.4. The number of allylic oxidation sites excluding steroid dienone is 1. The summed E-state index contributed by atoms with van der Waals surface area (Å²) in [6.45, 7) is 13.0. The Morgan fingerprint density at radius 3 is 2.19 bits per heavy atom. The van der Waals surface area contributed by atoms with Crippen LogP contribution in [-0.2, 0) is 4.12 Å². The zero-order valence-electron chi connectivity index (χ0n) is 11.7. The molecule has 0 aromatic heterocycles. The van der Waals surface area contributed by atoms with E-state index in [4.69, 9.17) is 4.12 Å². The minimum Gasteiger partial charge on any atom is -0.458 e. The van der Waals surface area contributed by atoms with Crippen molar-refractivity contribution in [2.75, 3.05) is 0 Å². The number of hydrogen-bond acceptors (Lipinski definition) is 1. The SMILES string of the molecule is C=CCCCCCCC[SiH](C)O[Si](C)(C)C. The molecule has 0 N–H and O–H groups in total. The molecule has 0 saturated carbocycles. The van der Waals surface area contributed by atoms with E-state index in [9.17, 15) is 0 Å². The molecule has 3 heteroatoms. The average molecular weight is 259 g/mol. The first-order valence-corrected chi connectivity index (χ1v) is 12.6. The van der Waals surface area contributed by atoms with Gasteiger partial charge in [0.25, 0.3) is 0 Å². The van der Waals surface area contributed by atoms with E-state index in [1.807, 2.05) is 6.08 Å². The standard InChI is InChI=1S/C13H30OSi2/c1-6-7-8-9-10-11-12-13-15(2)14-16(3,4)5/h6,15H,1,7-13H2,2-5H3. The van der Waals surface area contributed by atoms with Crippen molar-refractivity contribution in [1.82, 2.24) is 0 Å². The molecule has 0 heterocycles. The van der Waals surface area contributed by atoms with Gasteiger partial charge in [-0.15, -0.1) is 6.58 Å². The van der Waals surface area contributed by atoms with Crippen LogP contribution in [0.5, 0.6) is 0 Å². The second kappa shape index (κ2) is 9.19. The first-order chi connectivity index (χ1) is 7.45. The van der Waals surface area contributed by atoms with E-state index in [-0.39, 0.29) is 0 Å². The molecule has 0 fully saturated rings. The van der Waals surface area contributed by atoms with E-state index < -0.39 is 17.4 Å². The molecule has 1 atom stereocenters. The summed E-state index contributed by atoms with van der Waals surface area (Å²) in [4.78, 5) is 0. The summed E-state index contributed by atoms with van der Waals surface area (Å²) in [6, 6.07) is 1.37. The lowest BCUT2D eigenvalue weighted by atomic mass is 10.1. The maximum Gasteiger partial charge on any atom is 0.170 e. The Balaban J connectivity index is 3.28. The summed E-state index contributed by atoms with van der Waals surface area (Å²) in [5.41, 5.74) is 0. The van der Waals surface area contributed by atoms with Gasteiger partial charge >= 0.3 is 0 Å². The summed E-state index contributed by atoms with van der Waals surface area (Å²) in [7, 11) is -2.10. The molecular formula is C13H30OSi2. The average Bonchev–Trinajstić information content (AvgIpc) is 2.13. The van der Waals surface area contributed by atoms with Gasteiger partial charge in [-0.1, -0.05) is 31.8 Å². The third kappa shape index (κ3) is 12.2. The molecule has 0 aromatic rings. The molecule has 0 aliphatic carbocycles. The van der Waals surface area contributed by atoms with Crippen molar-refractivity contribution in [2.45, 2.75) is 70.8 Å². The maximum absolute atomic E-state index is 6.15. The van der Waals surface area contributed by atoms with Crippen LogP contribution in [0.4, 0.5) is 0 Å². The normalized spacial score (nSPS) is 13.8. The first-order valence-electron chi connectivity index (χ1n) is 6.74. The van der Waals surface area contributed by atoms with Crippen molar-refractivity contribution in [3.05, 3.63) is 12.7 Å². The van der Waals surface area contributed by atoms with Gasteiger partial charge in [0.05, 0.1) is 0 Å². The van der Waals surface area contributed by atoms with Gasteiger partial charge in [0.15, 0.2) is 17.4 Å². The quantitative estimate of drug-likeness (QED) is 0.313. The number of unbranched alkanes of at least 4 members (excludes halogenated alkanes) is 5. The fourth-order valence-electron chi connectivity index (χ4n) is 1.91. The Morgan fingerprint density at radius 2 is 1.62 bits per heavy atom. The molecule has 0 amide bonds. The Kier molecular flexibility index (Phi) is 9.27. The fraction of sp³-hybridized carbons (Fsp3) is 0.846. The van der Waals surface area contributed by atoms with Crippen molar-refractivity contribution in [3.8, 4) is 0 Å². The topological polar surface area (TPSA) is 9.23 Å². The largest absolute Gasteiger partial charge is 0.458 e. The van der Waals surface area contributed by atoms with Crippen molar-refractivity contribution in [3.63, 3.8) is 0 Å². The molecule has 0 aliphatic rings. The van der Waals surface area contributed by atoms with Crippen LogP contribution in [0.2, 0.25) is 32.2 Å². The first kappa shape index (κ1) is 16.1. The Hall–Kier alpha value is 0.134. The highest BCUT2D eigenvalue weighted by Crippen LogP contribution is 2.13. The third-order valence-corrected chi connectivity index (χ3v) is 8.23. The van der Waals surface area contributed by atoms with Crippen LogP contribution in [0.15, 0.2) is 12.7 Å². The predicted octanol–water partition coefficient (Wildman–Crippen LogP) is 4.72. The fourth-order valence-corrected chi connectivity index (χ4v) is 8.08. The van der Waals surface area contributed by atoms with E-state index in [2.05, 4.69) is 32.8 Å².